The number of hydrogen-bond acceptors (Lipinski definition) is 3. The first-order valence-corrected chi connectivity index (χ1v) is 19.1. The van der Waals surface area contributed by atoms with Gasteiger partial charge in [-0.3, -0.25) is 4.98 Å². The molecule has 0 spiro atoms. The maximum Gasteiger partial charge on any atom is 0.0785 e. The van der Waals surface area contributed by atoms with E-state index >= 15 is 0 Å². The van der Waals surface area contributed by atoms with Crippen molar-refractivity contribution in [2.75, 3.05) is 0 Å². The number of rotatable bonds is 6. The van der Waals surface area contributed by atoms with Crippen molar-refractivity contribution in [2.24, 2.45) is 0 Å². The van der Waals surface area contributed by atoms with Crippen molar-refractivity contribution in [1.82, 2.24) is 24.9 Å². The van der Waals surface area contributed by atoms with Crippen molar-refractivity contribution in [1.29, 1.82) is 0 Å². The van der Waals surface area contributed by atoms with Gasteiger partial charge in [-0.15, -0.1) is 0 Å². The van der Waals surface area contributed by atoms with Crippen LogP contribution >= 0.6 is 0 Å². The van der Waals surface area contributed by atoms with Crippen molar-refractivity contribution in [3.05, 3.63) is 111 Å². The van der Waals surface area contributed by atoms with E-state index in [1.807, 2.05) is 12.3 Å². The largest absolute Gasteiger partial charge is 0.354 e. The minimum Gasteiger partial charge on any atom is -0.354 e. The Morgan fingerprint density at radius 2 is 1.08 bits per heavy atom. The fourth-order valence-corrected chi connectivity index (χ4v) is 8.49. The fraction of sp³-hybridized carbons (Fsp3) is 0.340. The second-order valence-electron chi connectivity index (χ2n) is 15.4. The van der Waals surface area contributed by atoms with Crippen molar-refractivity contribution in [3.8, 4) is 22.4 Å². The van der Waals surface area contributed by atoms with Gasteiger partial charge in [0.05, 0.1) is 45.1 Å². The highest BCUT2D eigenvalue weighted by Crippen LogP contribution is 2.44. The predicted molar refractivity (Wildman–Crippen MR) is 222 cm³/mol. The van der Waals surface area contributed by atoms with Gasteiger partial charge in [0, 0.05) is 22.8 Å². The van der Waals surface area contributed by atoms with E-state index in [-0.39, 0.29) is 5.41 Å². The molecule has 0 saturated heterocycles. The standard InChI is InChI=1S/C47H53N5/c1-12-32-26(5)43-41(30-19-21-31(22-20-30)47(9,10)11)44-27(6)33(13-2)38(50-44)25-40-35(15-4)29(8)46(52-40)42(36-18-16-17-23-48-36)45-28(7)34(14-3)39(51-45)24-37(32)49-43/h16-25,49-50H,12-15H2,1-11H3. The smallest absolute Gasteiger partial charge is 0.0785 e. The van der Waals surface area contributed by atoms with E-state index in [0.29, 0.717) is 0 Å². The minimum absolute atomic E-state index is 0.0677. The normalized spacial score (nSPS) is 13.4. The third-order valence-electron chi connectivity index (χ3n) is 11.4. The highest BCUT2D eigenvalue weighted by atomic mass is 14.8. The van der Waals surface area contributed by atoms with Crippen LogP contribution in [0.4, 0.5) is 0 Å². The predicted octanol–water partition coefficient (Wildman–Crippen LogP) is 12.8. The van der Waals surface area contributed by atoms with E-state index < -0.39 is 0 Å². The van der Waals surface area contributed by atoms with Gasteiger partial charge in [0.15, 0.2) is 0 Å². The molecule has 2 aliphatic heterocycles. The Morgan fingerprint density at radius 1 is 0.577 bits per heavy atom. The summed E-state index contributed by atoms with van der Waals surface area (Å²) in [6, 6.07) is 19.9. The summed E-state index contributed by atoms with van der Waals surface area (Å²) < 4.78 is 0. The maximum absolute atomic E-state index is 5.48. The summed E-state index contributed by atoms with van der Waals surface area (Å²) >= 11 is 0. The molecule has 0 unspecified atom stereocenters. The lowest BCUT2D eigenvalue weighted by molar-refractivity contribution is 0.590. The molecule has 0 aliphatic carbocycles. The molecule has 6 heterocycles. The molecule has 266 valence electrons. The number of aromatic amines is 2. The zero-order valence-corrected chi connectivity index (χ0v) is 32.9. The lowest BCUT2D eigenvalue weighted by atomic mass is 9.86. The van der Waals surface area contributed by atoms with Crippen LogP contribution in [0, 0.1) is 13.8 Å². The van der Waals surface area contributed by atoms with Crippen LogP contribution in [0.2, 0.25) is 0 Å². The molecular weight excluding hydrogens is 635 g/mol. The van der Waals surface area contributed by atoms with Crippen molar-refractivity contribution in [2.45, 2.75) is 107 Å². The molecule has 8 bridgehead atoms. The van der Waals surface area contributed by atoms with Gasteiger partial charge in [-0.1, -0.05) is 78.8 Å². The summed E-state index contributed by atoms with van der Waals surface area (Å²) in [5.41, 5.74) is 24.2. The van der Waals surface area contributed by atoms with E-state index in [2.05, 4.69) is 135 Å². The van der Waals surface area contributed by atoms with Gasteiger partial charge >= 0.3 is 0 Å². The number of nitrogens with zero attached hydrogens (tertiary/aromatic N) is 3. The molecule has 0 fully saturated rings. The van der Waals surface area contributed by atoms with Gasteiger partial charge in [0.1, 0.15) is 0 Å². The third kappa shape index (κ3) is 5.75. The van der Waals surface area contributed by atoms with Crippen molar-refractivity contribution in [3.63, 3.8) is 0 Å². The number of hydrogen-bond donors (Lipinski definition) is 2. The first-order valence-electron chi connectivity index (χ1n) is 19.1. The second-order valence-corrected chi connectivity index (χ2v) is 15.4. The molecule has 0 radical (unpaired) electrons. The number of allylic oxidation sites excluding steroid dienone is 4. The molecule has 4 aromatic heterocycles. The number of H-pyrrole nitrogens is 2. The van der Waals surface area contributed by atoms with Crippen LogP contribution in [0.3, 0.4) is 0 Å². The molecule has 5 nitrogen and oxygen atoms in total. The first-order chi connectivity index (χ1) is 24.9. The first kappa shape index (κ1) is 35.4. The van der Waals surface area contributed by atoms with Crippen LogP contribution in [0.15, 0.2) is 60.8 Å². The highest BCUT2D eigenvalue weighted by Gasteiger charge is 2.27. The number of pyridine rings is 1. The maximum atomic E-state index is 5.48. The zero-order chi connectivity index (χ0) is 37.1. The van der Waals surface area contributed by atoms with E-state index in [9.17, 15) is 0 Å². The number of aromatic nitrogens is 5. The van der Waals surface area contributed by atoms with Crippen LogP contribution < -0.4 is 0 Å². The monoisotopic (exact) mass is 687 g/mol. The number of benzene rings is 1. The Morgan fingerprint density at radius 3 is 1.48 bits per heavy atom. The molecular formula is C47H53N5. The van der Waals surface area contributed by atoms with E-state index in [1.165, 1.54) is 61.2 Å². The van der Waals surface area contributed by atoms with Crippen molar-refractivity contribution >= 4 is 44.4 Å². The minimum atomic E-state index is 0.0677. The van der Waals surface area contributed by atoms with Gasteiger partial charge in [0.2, 0.25) is 0 Å². The van der Waals surface area contributed by atoms with Crippen molar-refractivity contribution < 1.29 is 0 Å². The third-order valence-corrected chi connectivity index (χ3v) is 11.4. The molecule has 0 amide bonds. The fourth-order valence-electron chi connectivity index (χ4n) is 8.49. The van der Waals surface area contributed by atoms with Crippen LogP contribution in [-0.4, -0.2) is 24.9 Å². The average Bonchev–Trinajstić information content (AvgIpc) is 3.81. The molecule has 7 rings (SSSR count). The number of fused-ring (bicyclic) bond motifs is 8. The van der Waals surface area contributed by atoms with Gasteiger partial charge in [-0.2, -0.15) is 0 Å². The van der Waals surface area contributed by atoms with Gasteiger partial charge in [-0.05, 0) is 139 Å². The quantitative estimate of drug-likeness (QED) is 0.187. The Balaban J connectivity index is 1.74. The van der Waals surface area contributed by atoms with E-state index in [1.54, 1.807) is 0 Å². The Labute approximate surface area is 309 Å². The molecule has 52 heavy (non-hydrogen) atoms. The molecule has 5 aromatic rings. The molecule has 1 aromatic carbocycles. The summed E-state index contributed by atoms with van der Waals surface area (Å²) in [4.78, 5) is 23.8. The lowest BCUT2D eigenvalue weighted by Gasteiger charge is -2.19. The molecule has 2 N–H and O–H groups in total. The molecule has 0 saturated carbocycles. The molecule has 0 atom stereocenters. The van der Waals surface area contributed by atoms with E-state index in [4.69, 9.17) is 15.0 Å². The Bertz CT molecular complexity index is 2320. The van der Waals surface area contributed by atoms with Gasteiger partial charge in [-0.25, -0.2) is 9.97 Å². The average molecular weight is 688 g/mol. The SMILES string of the molecule is CCC1=C(C)c2nc1cc1[nH]c(c(C)c1CC)c(-c1ccc(C(C)(C)C)cc1)c1[nH]c(cc3nc(c2-c2ccccn2)C(C)=C3CC)c(CC)c1C. The van der Waals surface area contributed by atoms with Crippen LogP contribution in [-0.2, 0) is 18.3 Å². The van der Waals surface area contributed by atoms with Crippen LogP contribution in [0.1, 0.15) is 126 Å². The second kappa shape index (κ2) is 13.5. The number of aryl methyl sites for hydroxylation is 4. The number of nitrogens with one attached hydrogen (secondary N) is 2. The zero-order valence-electron chi connectivity index (χ0n) is 32.9. The van der Waals surface area contributed by atoms with E-state index in [0.717, 1.165) is 81.8 Å². The van der Waals surface area contributed by atoms with Gasteiger partial charge < -0.3 is 9.97 Å². The summed E-state index contributed by atoms with van der Waals surface area (Å²) in [6.45, 7) is 24.8. The summed E-state index contributed by atoms with van der Waals surface area (Å²) in [6.07, 6.45) is 5.44. The van der Waals surface area contributed by atoms with Crippen LogP contribution in [0.5, 0.6) is 0 Å². The Hall–Kier alpha value is -5.03. The summed E-state index contributed by atoms with van der Waals surface area (Å²) in [5.74, 6) is 0. The van der Waals surface area contributed by atoms with Gasteiger partial charge in [0.25, 0.3) is 0 Å². The summed E-state index contributed by atoms with van der Waals surface area (Å²) in [7, 11) is 0. The highest BCUT2D eigenvalue weighted by molar-refractivity contribution is 6.03. The molecule has 2 aliphatic rings. The van der Waals surface area contributed by atoms with Crippen LogP contribution in [0.25, 0.3) is 66.7 Å². The topological polar surface area (TPSA) is 70.2 Å². The lowest BCUT2D eigenvalue weighted by Crippen LogP contribution is -2.10. The molecule has 5 heteroatoms. The Kier molecular flexibility index (Phi) is 9.19. The summed E-state index contributed by atoms with van der Waals surface area (Å²) in [5, 5.41) is 0.